The van der Waals surface area contributed by atoms with E-state index in [-0.39, 0.29) is 0 Å². The normalized spacial score (nSPS) is 37.2. The number of piperazine rings is 1. The maximum Gasteiger partial charge on any atom is 0.0479 e. The Labute approximate surface area is 129 Å². The topological polar surface area (TPSA) is 6.48 Å². The van der Waals surface area contributed by atoms with Crippen molar-refractivity contribution in [3.63, 3.8) is 0 Å². The van der Waals surface area contributed by atoms with Gasteiger partial charge in [-0.25, -0.2) is 0 Å². The smallest absolute Gasteiger partial charge is 0.0479 e. The Morgan fingerprint density at radius 3 is 2.71 bits per heavy atom. The first-order valence-electron chi connectivity index (χ1n) is 8.91. The summed E-state index contributed by atoms with van der Waals surface area (Å²) in [6.45, 7) is 6.24. The molecule has 0 radical (unpaired) electrons. The van der Waals surface area contributed by atoms with Gasteiger partial charge in [-0.15, -0.1) is 0 Å². The van der Waals surface area contributed by atoms with Crippen LogP contribution >= 0.6 is 0 Å². The first kappa shape index (κ1) is 13.8. The standard InChI is InChI=1S/C19H28N2/c1-2-15-12-18(15)21-13-17-10-6-7-11-20(17)14-19(21)16-8-4-3-5-9-16/h3-5,8-9,15,17-19H,2,6-7,10-14H2,1H3. The molecule has 1 aromatic carbocycles. The molecule has 4 unspecified atom stereocenters. The van der Waals surface area contributed by atoms with E-state index in [0.29, 0.717) is 6.04 Å². The van der Waals surface area contributed by atoms with Gasteiger partial charge < -0.3 is 0 Å². The first-order valence-corrected chi connectivity index (χ1v) is 8.91. The van der Waals surface area contributed by atoms with Crippen LogP contribution in [0.5, 0.6) is 0 Å². The molecule has 0 amide bonds. The van der Waals surface area contributed by atoms with Crippen molar-refractivity contribution in [3.8, 4) is 0 Å². The summed E-state index contributed by atoms with van der Waals surface area (Å²) in [5.41, 5.74) is 1.53. The highest BCUT2D eigenvalue weighted by atomic mass is 15.3. The fraction of sp³-hybridized carbons (Fsp3) is 0.684. The van der Waals surface area contributed by atoms with Crippen LogP contribution in [0.25, 0.3) is 0 Å². The number of hydrogen-bond acceptors (Lipinski definition) is 2. The zero-order valence-corrected chi connectivity index (χ0v) is 13.2. The SMILES string of the molecule is CCC1CC1N1CC2CCCCN2CC1c1ccccc1. The van der Waals surface area contributed by atoms with Gasteiger partial charge >= 0.3 is 0 Å². The summed E-state index contributed by atoms with van der Waals surface area (Å²) in [7, 11) is 0. The highest BCUT2D eigenvalue weighted by Gasteiger charge is 2.47. The van der Waals surface area contributed by atoms with Crippen molar-refractivity contribution in [3.05, 3.63) is 35.9 Å². The lowest BCUT2D eigenvalue weighted by Crippen LogP contribution is -2.56. The molecule has 2 saturated heterocycles. The number of piperidine rings is 1. The molecule has 1 aliphatic carbocycles. The summed E-state index contributed by atoms with van der Waals surface area (Å²) in [5, 5.41) is 0. The average Bonchev–Trinajstić information content (AvgIpc) is 3.34. The second-order valence-electron chi connectivity index (χ2n) is 7.24. The molecule has 0 bridgehead atoms. The van der Waals surface area contributed by atoms with E-state index in [1.54, 1.807) is 0 Å². The third kappa shape index (κ3) is 2.64. The number of benzene rings is 1. The molecule has 2 aliphatic heterocycles. The second-order valence-corrected chi connectivity index (χ2v) is 7.24. The largest absolute Gasteiger partial charge is 0.297 e. The highest BCUT2D eigenvalue weighted by molar-refractivity contribution is 5.22. The van der Waals surface area contributed by atoms with Gasteiger partial charge in [-0.2, -0.15) is 0 Å². The predicted molar refractivity (Wildman–Crippen MR) is 87.3 cm³/mol. The zero-order valence-electron chi connectivity index (χ0n) is 13.2. The Hall–Kier alpha value is -0.860. The summed E-state index contributed by atoms with van der Waals surface area (Å²) in [6, 6.07) is 13.6. The molecule has 4 rings (SSSR count). The van der Waals surface area contributed by atoms with Gasteiger partial charge in [0, 0.05) is 31.2 Å². The molecule has 4 atom stereocenters. The molecular formula is C19H28N2. The molecule has 21 heavy (non-hydrogen) atoms. The highest BCUT2D eigenvalue weighted by Crippen LogP contribution is 2.45. The first-order chi connectivity index (χ1) is 10.4. The van der Waals surface area contributed by atoms with Gasteiger partial charge in [-0.1, -0.05) is 50.1 Å². The molecule has 2 heterocycles. The predicted octanol–water partition coefficient (Wildman–Crippen LogP) is 3.70. The quantitative estimate of drug-likeness (QED) is 0.835. The maximum atomic E-state index is 2.87. The van der Waals surface area contributed by atoms with Gasteiger partial charge in [-0.3, -0.25) is 9.80 Å². The summed E-state index contributed by atoms with van der Waals surface area (Å²) in [4.78, 5) is 5.65. The minimum atomic E-state index is 0.627. The van der Waals surface area contributed by atoms with Gasteiger partial charge in [0.1, 0.15) is 0 Å². The van der Waals surface area contributed by atoms with E-state index in [4.69, 9.17) is 0 Å². The van der Waals surface area contributed by atoms with E-state index in [9.17, 15) is 0 Å². The van der Waals surface area contributed by atoms with Crippen molar-refractivity contribution in [2.75, 3.05) is 19.6 Å². The average molecular weight is 284 g/mol. The molecule has 0 N–H and O–H groups in total. The third-order valence-electron chi connectivity index (χ3n) is 6.00. The van der Waals surface area contributed by atoms with Gasteiger partial charge in [0.05, 0.1) is 0 Å². The van der Waals surface area contributed by atoms with Crippen LogP contribution in [0.2, 0.25) is 0 Å². The minimum Gasteiger partial charge on any atom is -0.297 e. The zero-order chi connectivity index (χ0) is 14.2. The van der Waals surface area contributed by atoms with Crippen molar-refractivity contribution in [2.45, 2.75) is 57.2 Å². The lowest BCUT2D eigenvalue weighted by molar-refractivity contribution is 0.000674. The van der Waals surface area contributed by atoms with Crippen molar-refractivity contribution >= 4 is 0 Å². The third-order valence-corrected chi connectivity index (χ3v) is 6.00. The Bertz CT molecular complexity index is 472. The van der Waals surface area contributed by atoms with Crippen molar-refractivity contribution in [1.82, 2.24) is 9.80 Å². The molecule has 114 valence electrons. The Kier molecular flexibility index (Phi) is 3.76. The van der Waals surface area contributed by atoms with Crippen molar-refractivity contribution in [1.29, 1.82) is 0 Å². The van der Waals surface area contributed by atoms with Gasteiger partial charge in [0.15, 0.2) is 0 Å². The summed E-state index contributed by atoms with van der Waals surface area (Å²) < 4.78 is 0. The summed E-state index contributed by atoms with van der Waals surface area (Å²) >= 11 is 0. The van der Waals surface area contributed by atoms with E-state index in [2.05, 4.69) is 47.1 Å². The minimum absolute atomic E-state index is 0.627. The van der Waals surface area contributed by atoms with E-state index in [1.165, 1.54) is 57.3 Å². The van der Waals surface area contributed by atoms with Crippen LogP contribution in [-0.2, 0) is 0 Å². The number of fused-ring (bicyclic) bond motifs is 1. The second kappa shape index (κ2) is 5.73. The molecule has 3 aliphatic rings. The molecular weight excluding hydrogens is 256 g/mol. The Morgan fingerprint density at radius 2 is 1.95 bits per heavy atom. The van der Waals surface area contributed by atoms with Crippen LogP contribution < -0.4 is 0 Å². The molecule has 1 saturated carbocycles. The molecule has 3 fully saturated rings. The fourth-order valence-corrected chi connectivity index (χ4v) is 4.62. The van der Waals surface area contributed by atoms with E-state index in [0.717, 1.165) is 18.0 Å². The summed E-state index contributed by atoms with van der Waals surface area (Å²) in [6.07, 6.45) is 7.05. The number of nitrogens with zero attached hydrogens (tertiary/aromatic N) is 2. The van der Waals surface area contributed by atoms with Gasteiger partial charge in [0.25, 0.3) is 0 Å². The number of hydrogen-bond donors (Lipinski definition) is 0. The van der Waals surface area contributed by atoms with Gasteiger partial charge in [-0.05, 0) is 37.3 Å². The summed E-state index contributed by atoms with van der Waals surface area (Å²) in [5.74, 6) is 0.964. The molecule has 0 aromatic heterocycles. The van der Waals surface area contributed by atoms with E-state index in [1.807, 2.05) is 0 Å². The maximum absolute atomic E-state index is 2.87. The van der Waals surface area contributed by atoms with E-state index < -0.39 is 0 Å². The van der Waals surface area contributed by atoms with Crippen LogP contribution in [0.4, 0.5) is 0 Å². The van der Waals surface area contributed by atoms with Crippen molar-refractivity contribution < 1.29 is 0 Å². The molecule has 1 aromatic rings. The van der Waals surface area contributed by atoms with Crippen LogP contribution in [0.15, 0.2) is 30.3 Å². The Balaban J connectivity index is 1.58. The van der Waals surface area contributed by atoms with Crippen molar-refractivity contribution in [2.24, 2.45) is 5.92 Å². The molecule has 0 spiro atoms. The van der Waals surface area contributed by atoms with Crippen LogP contribution in [0.1, 0.15) is 50.6 Å². The Morgan fingerprint density at radius 1 is 1.10 bits per heavy atom. The fourth-order valence-electron chi connectivity index (χ4n) is 4.62. The molecule has 2 nitrogen and oxygen atoms in total. The van der Waals surface area contributed by atoms with Gasteiger partial charge in [0.2, 0.25) is 0 Å². The van der Waals surface area contributed by atoms with Crippen LogP contribution in [-0.4, -0.2) is 41.5 Å². The lowest BCUT2D eigenvalue weighted by Gasteiger charge is -2.49. The molecule has 2 heteroatoms. The lowest BCUT2D eigenvalue weighted by atomic mass is 9.93. The van der Waals surface area contributed by atoms with Crippen LogP contribution in [0, 0.1) is 5.92 Å². The monoisotopic (exact) mass is 284 g/mol. The van der Waals surface area contributed by atoms with Crippen LogP contribution in [0.3, 0.4) is 0 Å². The number of rotatable bonds is 3. The van der Waals surface area contributed by atoms with E-state index >= 15 is 0 Å².